The molecule has 0 spiro atoms. The normalized spacial score (nSPS) is 36.5. The zero-order valence-corrected chi connectivity index (χ0v) is 9.14. The Labute approximate surface area is 81.7 Å². The van der Waals surface area contributed by atoms with E-state index in [2.05, 4.69) is 31.1 Å². The van der Waals surface area contributed by atoms with Crippen molar-refractivity contribution < 1.29 is 0 Å². The number of hydrogen-bond donors (Lipinski definition) is 2. The monoisotopic (exact) mass is 185 g/mol. The molecule has 13 heavy (non-hydrogen) atoms. The summed E-state index contributed by atoms with van der Waals surface area (Å²) in [5.41, 5.74) is 6.06. The molecule has 0 aromatic rings. The second kappa shape index (κ2) is 4.40. The van der Waals surface area contributed by atoms with Crippen LogP contribution in [-0.4, -0.2) is 43.2 Å². The van der Waals surface area contributed by atoms with Crippen molar-refractivity contribution in [3.05, 3.63) is 0 Å². The van der Waals surface area contributed by atoms with Crippen LogP contribution >= 0.6 is 0 Å². The van der Waals surface area contributed by atoms with Gasteiger partial charge in [0.15, 0.2) is 0 Å². The summed E-state index contributed by atoms with van der Waals surface area (Å²) in [6.45, 7) is 7.37. The topological polar surface area (TPSA) is 41.3 Å². The minimum atomic E-state index is 0.209. The van der Waals surface area contributed by atoms with Crippen molar-refractivity contribution in [2.45, 2.75) is 38.3 Å². The molecule has 1 aliphatic heterocycles. The summed E-state index contributed by atoms with van der Waals surface area (Å²) in [4.78, 5) is 2.41. The molecule has 3 heteroatoms. The summed E-state index contributed by atoms with van der Waals surface area (Å²) < 4.78 is 0. The molecule has 1 aliphatic rings. The van der Waals surface area contributed by atoms with Crippen molar-refractivity contribution >= 4 is 0 Å². The number of hydrogen-bond acceptors (Lipinski definition) is 3. The van der Waals surface area contributed by atoms with Crippen molar-refractivity contribution in [3.8, 4) is 0 Å². The molecule has 3 N–H and O–H groups in total. The van der Waals surface area contributed by atoms with Crippen LogP contribution in [0, 0.1) is 0 Å². The van der Waals surface area contributed by atoms with Crippen molar-refractivity contribution in [2.24, 2.45) is 5.73 Å². The fourth-order valence-corrected chi connectivity index (χ4v) is 2.23. The highest BCUT2D eigenvalue weighted by Gasteiger charge is 2.34. The van der Waals surface area contributed by atoms with Crippen LogP contribution < -0.4 is 11.1 Å². The maximum Gasteiger partial charge on any atom is 0.0330 e. The second-order valence-electron chi connectivity index (χ2n) is 4.30. The minimum absolute atomic E-state index is 0.209. The second-order valence-corrected chi connectivity index (χ2v) is 4.30. The van der Waals surface area contributed by atoms with Gasteiger partial charge in [0.2, 0.25) is 0 Å². The van der Waals surface area contributed by atoms with Crippen LogP contribution in [0.15, 0.2) is 0 Å². The Morgan fingerprint density at radius 1 is 1.62 bits per heavy atom. The molecule has 0 bridgehead atoms. The third-order valence-corrected chi connectivity index (χ3v) is 3.32. The molecule has 0 aromatic carbocycles. The van der Waals surface area contributed by atoms with E-state index in [4.69, 9.17) is 5.73 Å². The number of likely N-dealkylation sites (N-methyl/N-ethyl adjacent to an activating group) is 1. The van der Waals surface area contributed by atoms with Crippen LogP contribution in [0.4, 0.5) is 0 Å². The van der Waals surface area contributed by atoms with Gasteiger partial charge < -0.3 is 16.0 Å². The highest BCUT2D eigenvalue weighted by molar-refractivity contribution is 4.96. The van der Waals surface area contributed by atoms with Gasteiger partial charge in [0.1, 0.15) is 0 Å². The maximum atomic E-state index is 5.85. The molecule has 0 radical (unpaired) electrons. The van der Waals surface area contributed by atoms with Gasteiger partial charge >= 0.3 is 0 Å². The minimum Gasteiger partial charge on any atom is -0.329 e. The number of nitrogens with one attached hydrogen (secondary N) is 1. The fraction of sp³-hybridized carbons (Fsp3) is 1.00. The molecule has 0 amide bonds. The average Bonchev–Trinajstić information content (AvgIpc) is 2.12. The average molecular weight is 185 g/mol. The lowest BCUT2D eigenvalue weighted by atomic mass is 9.84. The lowest BCUT2D eigenvalue weighted by molar-refractivity contribution is 0.113. The van der Waals surface area contributed by atoms with E-state index in [9.17, 15) is 0 Å². The van der Waals surface area contributed by atoms with Gasteiger partial charge in [-0.2, -0.15) is 0 Å². The van der Waals surface area contributed by atoms with Gasteiger partial charge in [0.05, 0.1) is 0 Å². The molecule has 0 aromatic heterocycles. The fourth-order valence-electron chi connectivity index (χ4n) is 2.23. The molecular formula is C10H23N3. The third-order valence-electron chi connectivity index (χ3n) is 3.32. The Bertz CT molecular complexity index is 160. The number of piperidine rings is 1. The van der Waals surface area contributed by atoms with Gasteiger partial charge in [-0.1, -0.05) is 6.92 Å². The predicted molar refractivity (Wildman–Crippen MR) is 56.8 cm³/mol. The first-order valence-electron chi connectivity index (χ1n) is 5.29. The van der Waals surface area contributed by atoms with Gasteiger partial charge in [-0.3, -0.25) is 0 Å². The lowest BCUT2D eigenvalue weighted by Crippen LogP contribution is -2.59. The summed E-state index contributed by atoms with van der Waals surface area (Å²) >= 11 is 0. The molecule has 1 heterocycles. The summed E-state index contributed by atoms with van der Waals surface area (Å²) in [6, 6.07) is 0.649. The van der Waals surface area contributed by atoms with Crippen LogP contribution in [0.2, 0.25) is 0 Å². The Kier molecular flexibility index (Phi) is 3.71. The molecule has 78 valence electrons. The standard InChI is InChI=1S/C10H23N3/c1-4-12-10(8-11)5-6-13(3)9(2)7-10/h9,12H,4-8,11H2,1-3H3. The first-order chi connectivity index (χ1) is 6.13. The van der Waals surface area contributed by atoms with Crippen molar-refractivity contribution in [2.75, 3.05) is 26.7 Å². The zero-order chi connectivity index (χ0) is 9.90. The molecule has 2 atom stereocenters. The van der Waals surface area contributed by atoms with Crippen LogP contribution in [-0.2, 0) is 0 Å². The van der Waals surface area contributed by atoms with Gasteiger partial charge in [-0.15, -0.1) is 0 Å². The van der Waals surface area contributed by atoms with Gasteiger partial charge in [0.25, 0.3) is 0 Å². The maximum absolute atomic E-state index is 5.85. The smallest absolute Gasteiger partial charge is 0.0330 e. The SMILES string of the molecule is CCNC1(CN)CCN(C)C(C)C1. The van der Waals surface area contributed by atoms with Crippen LogP contribution in [0.3, 0.4) is 0 Å². The molecule has 1 fully saturated rings. The molecular weight excluding hydrogens is 162 g/mol. The van der Waals surface area contributed by atoms with Crippen molar-refractivity contribution in [3.63, 3.8) is 0 Å². The van der Waals surface area contributed by atoms with E-state index in [0.29, 0.717) is 6.04 Å². The Morgan fingerprint density at radius 2 is 2.31 bits per heavy atom. The van der Waals surface area contributed by atoms with Crippen LogP contribution in [0.5, 0.6) is 0 Å². The first-order valence-corrected chi connectivity index (χ1v) is 5.29. The molecule has 2 unspecified atom stereocenters. The van der Waals surface area contributed by atoms with Gasteiger partial charge in [-0.25, -0.2) is 0 Å². The first kappa shape index (κ1) is 11.0. The molecule has 3 nitrogen and oxygen atoms in total. The van der Waals surface area contributed by atoms with Gasteiger partial charge in [0, 0.05) is 18.1 Å². The Hall–Kier alpha value is -0.120. The summed E-state index contributed by atoms with van der Waals surface area (Å²) in [6.07, 6.45) is 2.35. The quantitative estimate of drug-likeness (QED) is 0.669. The Morgan fingerprint density at radius 3 is 2.77 bits per heavy atom. The number of nitrogens with two attached hydrogens (primary N) is 1. The summed E-state index contributed by atoms with van der Waals surface area (Å²) in [7, 11) is 2.19. The highest BCUT2D eigenvalue weighted by atomic mass is 15.2. The summed E-state index contributed by atoms with van der Waals surface area (Å²) in [5.74, 6) is 0. The molecule has 0 aliphatic carbocycles. The van der Waals surface area contributed by atoms with Crippen molar-refractivity contribution in [1.82, 2.24) is 10.2 Å². The van der Waals surface area contributed by atoms with Crippen LogP contribution in [0.1, 0.15) is 26.7 Å². The largest absolute Gasteiger partial charge is 0.329 e. The number of nitrogens with zero attached hydrogens (tertiary/aromatic N) is 1. The molecule has 1 saturated heterocycles. The molecule has 0 saturated carbocycles. The molecule has 1 rings (SSSR count). The van der Waals surface area contributed by atoms with Crippen LogP contribution in [0.25, 0.3) is 0 Å². The zero-order valence-electron chi connectivity index (χ0n) is 9.14. The summed E-state index contributed by atoms with van der Waals surface area (Å²) in [5, 5.41) is 3.55. The highest BCUT2D eigenvalue weighted by Crippen LogP contribution is 2.24. The van der Waals surface area contributed by atoms with Gasteiger partial charge in [-0.05, 0) is 39.9 Å². The van der Waals surface area contributed by atoms with E-state index in [1.54, 1.807) is 0 Å². The predicted octanol–water partition coefficient (Wildman–Crippen LogP) is 0.408. The van der Waals surface area contributed by atoms with E-state index in [0.717, 1.165) is 19.6 Å². The Balaban J connectivity index is 2.57. The van der Waals surface area contributed by atoms with E-state index in [1.807, 2.05) is 0 Å². The van der Waals surface area contributed by atoms with E-state index in [-0.39, 0.29) is 5.54 Å². The van der Waals surface area contributed by atoms with E-state index >= 15 is 0 Å². The number of likely N-dealkylation sites (tertiary alicyclic amines) is 1. The van der Waals surface area contributed by atoms with Crippen molar-refractivity contribution in [1.29, 1.82) is 0 Å². The third kappa shape index (κ3) is 2.42. The van der Waals surface area contributed by atoms with E-state index in [1.165, 1.54) is 12.8 Å². The van der Waals surface area contributed by atoms with E-state index < -0.39 is 0 Å². The number of rotatable bonds is 3. The lowest BCUT2D eigenvalue weighted by Gasteiger charge is -2.44.